The van der Waals surface area contributed by atoms with Crippen LogP contribution in [0.15, 0.2) is 37.8 Å². The van der Waals surface area contributed by atoms with E-state index >= 15 is 0 Å². The van der Waals surface area contributed by atoms with Crippen LogP contribution in [0, 0.1) is 0 Å². The Morgan fingerprint density at radius 3 is 2.65 bits per heavy atom. The maximum absolute atomic E-state index is 12.0. The predicted octanol–water partition coefficient (Wildman–Crippen LogP) is 3.04. The van der Waals surface area contributed by atoms with Crippen molar-refractivity contribution in [2.45, 2.75) is 4.34 Å². The molecule has 1 aromatic carbocycles. The van der Waals surface area contributed by atoms with Crippen LogP contribution >= 0.6 is 23.1 Å². The first-order chi connectivity index (χ1) is 9.71. The molecule has 0 atom stereocenters. The molecule has 0 unspecified atom stereocenters. The molecular formula is C13H10N2O3S2. The highest BCUT2D eigenvalue weighted by Crippen LogP contribution is 2.27. The lowest BCUT2D eigenvalue weighted by atomic mass is 10.2. The maximum Gasteiger partial charge on any atom is 0.359 e. The predicted molar refractivity (Wildman–Crippen MR) is 79.7 cm³/mol. The molecule has 2 heterocycles. The average Bonchev–Trinajstić information content (AvgIpc) is 2.91. The second kappa shape index (κ2) is 5.26. The van der Waals surface area contributed by atoms with Crippen molar-refractivity contribution < 1.29 is 9.15 Å². The Hall–Kier alpha value is -1.86. The summed E-state index contributed by atoms with van der Waals surface area (Å²) in [6.07, 6.45) is 1.91. The van der Waals surface area contributed by atoms with Gasteiger partial charge >= 0.3 is 5.63 Å². The molecule has 5 nitrogen and oxygen atoms in total. The highest BCUT2D eigenvalue weighted by atomic mass is 32.2. The summed E-state index contributed by atoms with van der Waals surface area (Å²) in [7, 11) is 1.60. The Morgan fingerprint density at radius 1 is 1.25 bits per heavy atom. The van der Waals surface area contributed by atoms with Gasteiger partial charge in [-0.25, -0.2) is 9.78 Å². The van der Waals surface area contributed by atoms with E-state index in [1.54, 1.807) is 31.4 Å². The quantitative estimate of drug-likeness (QED) is 0.693. The summed E-state index contributed by atoms with van der Waals surface area (Å²) >= 11 is 2.78. The monoisotopic (exact) mass is 306 g/mol. The molecule has 0 saturated heterocycles. The first-order valence-electron chi connectivity index (χ1n) is 5.71. The fraction of sp³-hybridized carbons (Fsp3) is 0.154. The summed E-state index contributed by atoms with van der Waals surface area (Å²) < 4.78 is 11.6. The minimum Gasteiger partial charge on any atom is -0.497 e. The van der Waals surface area contributed by atoms with Crippen molar-refractivity contribution >= 4 is 33.4 Å². The molecule has 7 heteroatoms. The Kier molecular flexibility index (Phi) is 3.45. The topological polar surface area (TPSA) is 65.2 Å². The molecule has 20 heavy (non-hydrogen) atoms. The van der Waals surface area contributed by atoms with Gasteiger partial charge in [0.1, 0.15) is 5.75 Å². The minimum absolute atomic E-state index is 0.267. The molecule has 0 saturated carbocycles. The normalized spacial score (nSPS) is 10.9. The van der Waals surface area contributed by atoms with Crippen LogP contribution in [0.5, 0.6) is 5.75 Å². The van der Waals surface area contributed by atoms with Crippen molar-refractivity contribution in [1.82, 2.24) is 9.97 Å². The molecule has 2 aromatic heterocycles. The van der Waals surface area contributed by atoms with E-state index in [0.29, 0.717) is 15.9 Å². The third kappa shape index (κ3) is 2.30. The number of hydrogen-bond donors (Lipinski definition) is 0. The van der Waals surface area contributed by atoms with Crippen LogP contribution in [0.3, 0.4) is 0 Å². The summed E-state index contributed by atoms with van der Waals surface area (Å²) in [6.45, 7) is 0. The lowest BCUT2D eigenvalue weighted by molar-refractivity contribution is 0.415. The number of rotatable bonds is 3. The van der Waals surface area contributed by atoms with Crippen LogP contribution in [0.1, 0.15) is 0 Å². The van der Waals surface area contributed by atoms with Gasteiger partial charge in [0.05, 0.1) is 7.11 Å². The fourth-order valence-electron chi connectivity index (χ4n) is 1.70. The molecule has 0 fully saturated rings. The Morgan fingerprint density at radius 2 is 2.00 bits per heavy atom. The van der Waals surface area contributed by atoms with Crippen molar-refractivity contribution in [2.24, 2.45) is 0 Å². The fourth-order valence-corrected chi connectivity index (χ4v) is 3.07. The van der Waals surface area contributed by atoms with Gasteiger partial charge < -0.3 is 9.15 Å². The lowest BCUT2D eigenvalue weighted by Crippen LogP contribution is -2.00. The van der Waals surface area contributed by atoms with Crippen LogP contribution in [0.4, 0.5) is 0 Å². The molecule has 0 spiro atoms. The zero-order valence-electron chi connectivity index (χ0n) is 10.7. The molecule has 3 rings (SSSR count). The summed E-state index contributed by atoms with van der Waals surface area (Å²) in [5.74, 6) is 0.999. The van der Waals surface area contributed by atoms with E-state index in [9.17, 15) is 4.79 Å². The number of ether oxygens (including phenoxy) is 1. The number of hydrogen-bond acceptors (Lipinski definition) is 7. The summed E-state index contributed by atoms with van der Waals surface area (Å²) in [6, 6.07) is 7.15. The maximum atomic E-state index is 12.0. The van der Waals surface area contributed by atoms with Gasteiger partial charge in [-0.3, -0.25) is 0 Å². The summed E-state index contributed by atoms with van der Waals surface area (Å²) in [5.41, 5.74) is 0.739. The third-order valence-corrected chi connectivity index (χ3v) is 4.69. The van der Waals surface area contributed by atoms with Crippen molar-refractivity contribution in [3.8, 4) is 17.2 Å². The van der Waals surface area contributed by atoms with Gasteiger partial charge in [-0.15, -0.1) is 0 Å². The van der Waals surface area contributed by atoms with Crippen molar-refractivity contribution in [3.63, 3.8) is 0 Å². The van der Waals surface area contributed by atoms with Crippen LogP contribution in [-0.4, -0.2) is 23.3 Å². The zero-order valence-corrected chi connectivity index (χ0v) is 12.4. The van der Waals surface area contributed by atoms with Crippen molar-refractivity contribution in [1.29, 1.82) is 0 Å². The molecule has 102 valence electrons. The highest BCUT2D eigenvalue weighted by molar-refractivity contribution is 8.00. The van der Waals surface area contributed by atoms with Crippen LogP contribution < -0.4 is 10.4 Å². The van der Waals surface area contributed by atoms with Crippen LogP contribution in [0.2, 0.25) is 0 Å². The van der Waals surface area contributed by atoms with Gasteiger partial charge in [0.25, 0.3) is 0 Å². The number of thiazole rings is 1. The highest BCUT2D eigenvalue weighted by Gasteiger charge is 2.13. The molecule has 3 aromatic rings. The number of thioether (sulfide) groups is 1. The minimum atomic E-state index is -0.404. The average molecular weight is 306 g/mol. The Balaban J connectivity index is 2.13. The van der Waals surface area contributed by atoms with Gasteiger partial charge in [0.2, 0.25) is 5.89 Å². The molecule has 0 amide bonds. The number of benzene rings is 1. The lowest BCUT2D eigenvalue weighted by Gasteiger charge is -2.01. The van der Waals surface area contributed by atoms with E-state index in [1.165, 1.54) is 23.1 Å². The SMILES string of the molecule is COc1ccc(-c2nc3nc(SC)sc3c(=O)o2)cc1. The van der Waals surface area contributed by atoms with E-state index in [0.717, 1.165) is 10.1 Å². The first kappa shape index (κ1) is 13.1. The second-order valence-corrected chi connectivity index (χ2v) is 5.92. The van der Waals surface area contributed by atoms with E-state index in [1.807, 2.05) is 6.26 Å². The largest absolute Gasteiger partial charge is 0.497 e. The number of methoxy groups -OCH3 is 1. The standard InChI is InChI=1S/C13H10N2O3S2/c1-17-8-5-3-7(4-6-8)11-14-10-9(12(16)18-11)20-13(15-10)19-2/h3-6H,1-2H3. The summed E-state index contributed by atoms with van der Waals surface area (Å²) in [4.78, 5) is 20.6. The molecular weight excluding hydrogens is 296 g/mol. The van der Waals surface area contributed by atoms with Gasteiger partial charge in [0, 0.05) is 5.56 Å². The van der Waals surface area contributed by atoms with Crippen LogP contribution in [0.25, 0.3) is 21.8 Å². The molecule has 0 aliphatic rings. The van der Waals surface area contributed by atoms with Gasteiger partial charge in [-0.05, 0) is 30.5 Å². The van der Waals surface area contributed by atoms with Gasteiger partial charge in [-0.1, -0.05) is 23.1 Å². The zero-order chi connectivity index (χ0) is 14.1. The summed E-state index contributed by atoms with van der Waals surface area (Å²) in [5, 5.41) is 0. The van der Waals surface area contributed by atoms with Gasteiger partial charge in [-0.2, -0.15) is 4.98 Å². The van der Waals surface area contributed by atoms with Crippen molar-refractivity contribution in [2.75, 3.05) is 13.4 Å². The Labute approximate surface area is 122 Å². The smallest absolute Gasteiger partial charge is 0.359 e. The van der Waals surface area contributed by atoms with E-state index in [2.05, 4.69) is 9.97 Å². The molecule has 0 aliphatic carbocycles. The second-order valence-electron chi connectivity index (χ2n) is 3.87. The molecule has 0 radical (unpaired) electrons. The van der Waals surface area contributed by atoms with Crippen LogP contribution in [-0.2, 0) is 0 Å². The number of aromatic nitrogens is 2. The van der Waals surface area contributed by atoms with Gasteiger partial charge in [0.15, 0.2) is 14.7 Å². The number of fused-ring (bicyclic) bond motifs is 1. The third-order valence-electron chi connectivity index (χ3n) is 2.68. The molecule has 0 N–H and O–H groups in total. The van der Waals surface area contributed by atoms with E-state index in [-0.39, 0.29) is 5.89 Å². The number of nitrogens with zero attached hydrogens (tertiary/aromatic N) is 2. The van der Waals surface area contributed by atoms with Crippen molar-refractivity contribution in [3.05, 3.63) is 34.7 Å². The molecule has 0 aliphatic heterocycles. The van der Waals surface area contributed by atoms with E-state index in [4.69, 9.17) is 9.15 Å². The first-order valence-corrected chi connectivity index (χ1v) is 7.75. The Bertz CT molecular complexity index is 809. The molecule has 0 bridgehead atoms. The van der Waals surface area contributed by atoms with E-state index < -0.39 is 5.63 Å².